The number of thiophene rings is 1. The number of hydrogen-bond donors (Lipinski definition) is 0. The summed E-state index contributed by atoms with van der Waals surface area (Å²) >= 11 is 1.37. The second-order valence-electron chi connectivity index (χ2n) is 5.53. The Balaban J connectivity index is 1.85. The quantitative estimate of drug-likeness (QED) is 0.437. The fourth-order valence-electron chi connectivity index (χ4n) is 2.50. The highest BCUT2D eigenvalue weighted by molar-refractivity contribution is 7.17. The molecule has 0 saturated carbocycles. The zero-order valence-corrected chi connectivity index (χ0v) is 15.1. The van der Waals surface area contributed by atoms with Crippen LogP contribution in [0.5, 0.6) is 5.75 Å². The SMILES string of the molecule is CCOc1ccc(-c2ccc(C=O)s2)cc1C(=O)OCc1ccccc1. The van der Waals surface area contributed by atoms with Crippen molar-refractivity contribution in [1.29, 1.82) is 0 Å². The molecule has 3 rings (SSSR count). The molecule has 26 heavy (non-hydrogen) atoms. The third-order valence-electron chi connectivity index (χ3n) is 3.74. The zero-order chi connectivity index (χ0) is 18.4. The molecule has 0 unspecified atom stereocenters. The Labute approximate surface area is 156 Å². The number of benzene rings is 2. The fourth-order valence-corrected chi connectivity index (χ4v) is 3.32. The smallest absolute Gasteiger partial charge is 0.342 e. The first-order chi connectivity index (χ1) is 12.7. The second kappa shape index (κ2) is 8.45. The lowest BCUT2D eigenvalue weighted by molar-refractivity contribution is 0.0468. The molecule has 0 fully saturated rings. The van der Waals surface area contributed by atoms with Crippen LogP contribution in [0, 0.1) is 0 Å². The molecule has 132 valence electrons. The van der Waals surface area contributed by atoms with Gasteiger partial charge in [-0.3, -0.25) is 4.79 Å². The van der Waals surface area contributed by atoms with E-state index in [1.54, 1.807) is 18.2 Å². The zero-order valence-electron chi connectivity index (χ0n) is 14.3. The van der Waals surface area contributed by atoms with E-state index < -0.39 is 5.97 Å². The van der Waals surface area contributed by atoms with Crippen LogP contribution >= 0.6 is 11.3 Å². The average molecular weight is 366 g/mol. The minimum atomic E-state index is -0.439. The van der Waals surface area contributed by atoms with E-state index in [1.807, 2.05) is 49.4 Å². The molecular formula is C21H18O4S. The molecule has 1 heterocycles. The molecule has 0 radical (unpaired) electrons. The normalized spacial score (nSPS) is 10.3. The number of carbonyl (C=O) groups is 2. The van der Waals surface area contributed by atoms with Crippen molar-refractivity contribution in [1.82, 2.24) is 0 Å². The van der Waals surface area contributed by atoms with Crippen LogP contribution in [0.2, 0.25) is 0 Å². The summed E-state index contributed by atoms with van der Waals surface area (Å²) in [7, 11) is 0. The Hall–Kier alpha value is -2.92. The molecule has 4 nitrogen and oxygen atoms in total. The average Bonchev–Trinajstić information content (AvgIpc) is 3.17. The molecule has 5 heteroatoms. The van der Waals surface area contributed by atoms with Gasteiger partial charge in [-0.2, -0.15) is 0 Å². The summed E-state index contributed by atoms with van der Waals surface area (Å²) in [6.07, 6.45) is 0.817. The van der Waals surface area contributed by atoms with Crippen LogP contribution in [0.4, 0.5) is 0 Å². The summed E-state index contributed by atoms with van der Waals surface area (Å²) in [6, 6.07) is 18.5. The summed E-state index contributed by atoms with van der Waals surface area (Å²) in [5.41, 5.74) is 2.14. The second-order valence-corrected chi connectivity index (χ2v) is 6.64. The fraction of sp³-hybridized carbons (Fsp3) is 0.143. The van der Waals surface area contributed by atoms with Crippen LogP contribution in [-0.2, 0) is 11.3 Å². The molecular weight excluding hydrogens is 348 g/mol. The van der Waals surface area contributed by atoms with E-state index in [2.05, 4.69) is 0 Å². The van der Waals surface area contributed by atoms with Gasteiger partial charge >= 0.3 is 5.97 Å². The van der Waals surface area contributed by atoms with Gasteiger partial charge in [0.1, 0.15) is 17.9 Å². The van der Waals surface area contributed by atoms with Gasteiger partial charge in [-0.1, -0.05) is 30.3 Å². The van der Waals surface area contributed by atoms with Crippen molar-refractivity contribution >= 4 is 23.6 Å². The summed E-state index contributed by atoms with van der Waals surface area (Å²) in [5, 5.41) is 0. The summed E-state index contributed by atoms with van der Waals surface area (Å²) in [4.78, 5) is 25.1. The molecule has 0 N–H and O–H groups in total. The Morgan fingerprint density at radius 2 is 1.88 bits per heavy atom. The topological polar surface area (TPSA) is 52.6 Å². The molecule has 3 aromatic rings. The van der Waals surface area contributed by atoms with Gasteiger partial charge in [0.25, 0.3) is 0 Å². The van der Waals surface area contributed by atoms with Crippen molar-refractivity contribution < 1.29 is 19.1 Å². The molecule has 0 amide bonds. The Morgan fingerprint density at radius 3 is 2.58 bits per heavy atom. The minimum absolute atomic E-state index is 0.198. The number of esters is 1. The highest BCUT2D eigenvalue weighted by Gasteiger charge is 2.16. The van der Waals surface area contributed by atoms with Gasteiger partial charge in [0.2, 0.25) is 0 Å². The number of carbonyl (C=O) groups excluding carboxylic acids is 2. The highest BCUT2D eigenvalue weighted by Crippen LogP contribution is 2.31. The van der Waals surface area contributed by atoms with E-state index in [-0.39, 0.29) is 6.61 Å². The van der Waals surface area contributed by atoms with Crippen LogP contribution in [-0.4, -0.2) is 18.9 Å². The van der Waals surface area contributed by atoms with Crippen LogP contribution in [0.15, 0.2) is 60.7 Å². The first-order valence-electron chi connectivity index (χ1n) is 8.24. The van der Waals surface area contributed by atoms with Crippen molar-refractivity contribution in [3.8, 4) is 16.2 Å². The Morgan fingerprint density at radius 1 is 1.08 bits per heavy atom. The maximum Gasteiger partial charge on any atom is 0.342 e. The summed E-state index contributed by atoms with van der Waals surface area (Å²) in [6.45, 7) is 2.51. The van der Waals surface area contributed by atoms with Crippen molar-refractivity contribution in [3.05, 3.63) is 76.7 Å². The van der Waals surface area contributed by atoms with Gasteiger partial charge in [-0.25, -0.2) is 4.79 Å². The van der Waals surface area contributed by atoms with E-state index >= 15 is 0 Å². The first-order valence-corrected chi connectivity index (χ1v) is 9.06. The van der Waals surface area contributed by atoms with E-state index in [9.17, 15) is 9.59 Å². The van der Waals surface area contributed by atoms with Crippen LogP contribution in [0.1, 0.15) is 32.5 Å². The molecule has 0 aliphatic rings. The maximum absolute atomic E-state index is 12.6. The monoisotopic (exact) mass is 366 g/mol. The molecule has 0 aliphatic heterocycles. The van der Waals surface area contributed by atoms with Crippen molar-refractivity contribution in [3.63, 3.8) is 0 Å². The minimum Gasteiger partial charge on any atom is -0.493 e. The largest absolute Gasteiger partial charge is 0.493 e. The van der Waals surface area contributed by atoms with Gasteiger partial charge in [0.15, 0.2) is 6.29 Å². The molecule has 2 aromatic carbocycles. The molecule has 0 bridgehead atoms. The van der Waals surface area contributed by atoms with Gasteiger partial charge in [0, 0.05) is 4.88 Å². The van der Waals surface area contributed by atoms with Crippen molar-refractivity contribution in [2.75, 3.05) is 6.61 Å². The van der Waals surface area contributed by atoms with Crippen LogP contribution in [0.3, 0.4) is 0 Å². The predicted octanol–water partition coefficient (Wildman–Crippen LogP) is 4.98. The van der Waals surface area contributed by atoms with E-state index in [0.717, 1.165) is 22.3 Å². The first kappa shape index (κ1) is 17.9. The van der Waals surface area contributed by atoms with Crippen molar-refractivity contribution in [2.45, 2.75) is 13.5 Å². The van der Waals surface area contributed by atoms with Crippen LogP contribution < -0.4 is 4.74 Å². The van der Waals surface area contributed by atoms with E-state index in [1.165, 1.54) is 11.3 Å². The Kier molecular flexibility index (Phi) is 5.81. The molecule has 0 saturated heterocycles. The van der Waals surface area contributed by atoms with Gasteiger partial charge in [-0.05, 0) is 48.4 Å². The van der Waals surface area contributed by atoms with E-state index in [0.29, 0.717) is 22.8 Å². The highest BCUT2D eigenvalue weighted by atomic mass is 32.1. The third kappa shape index (κ3) is 4.18. The lowest BCUT2D eigenvalue weighted by atomic mass is 10.1. The van der Waals surface area contributed by atoms with E-state index in [4.69, 9.17) is 9.47 Å². The lowest BCUT2D eigenvalue weighted by Crippen LogP contribution is -2.08. The molecule has 0 spiro atoms. The van der Waals surface area contributed by atoms with Crippen molar-refractivity contribution in [2.24, 2.45) is 0 Å². The van der Waals surface area contributed by atoms with Crippen LogP contribution in [0.25, 0.3) is 10.4 Å². The maximum atomic E-state index is 12.6. The molecule has 0 aliphatic carbocycles. The number of hydrogen-bond acceptors (Lipinski definition) is 5. The number of rotatable bonds is 7. The van der Waals surface area contributed by atoms with Gasteiger partial charge in [0.05, 0.1) is 11.5 Å². The molecule has 0 atom stereocenters. The number of ether oxygens (including phenoxy) is 2. The lowest BCUT2D eigenvalue weighted by Gasteiger charge is -2.12. The Bertz CT molecular complexity index is 899. The summed E-state index contributed by atoms with van der Waals surface area (Å²) < 4.78 is 11.0. The van der Waals surface area contributed by atoms with Gasteiger partial charge in [-0.15, -0.1) is 11.3 Å². The number of aldehydes is 1. The molecule has 1 aromatic heterocycles. The standard InChI is InChI=1S/C21H18O4S/c1-2-24-19-10-8-16(20-11-9-17(13-22)26-20)12-18(19)21(23)25-14-15-6-4-3-5-7-15/h3-13H,2,14H2,1H3. The summed E-state index contributed by atoms with van der Waals surface area (Å²) in [5.74, 6) is 0.0489. The van der Waals surface area contributed by atoms with Gasteiger partial charge < -0.3 is 9.47 Å². The third-order valence-corrected chi connectivity index (χ3v) is 4.80. The predicted molar refractivity (Wildman–Crippen MR) is 102 cm³/mol.